The number of amides is 1. The molecule has 1 saturated heterocycles. The zero-order valence-corrected chi connectivity index (χ0v) is 16.7. The molecular weight excluding hydrogens is 370 g/mol. The first kappa shape index (κ1) is 18.7. The van der Waals surface area contributed by atoms with Gasteiger partial charge in [-0.05, 0) is 41.3 Å². The first-order valence-corrected chi connectivity index (χ1v) is 11.3. The van der Waals surface area contributed by atoms with Crippen molar-refractivity contribution in [3.05, 3.63) is 83.4 Å². The summed E-state index contributed by atoms with van der Waals surface area (Å²) in [6.07, 6.45) is 0.491. The highest BCUT2D eigenvalue weighted by atomic mass is 32.2. The second kappa shape index (κ2) is 7.40. The Bertz CT molecular complexity index is 1130. The van der Waals surface area contributed by atoms with E-state index in [1.807, 2.05) is 73.7 Å². The second-order valence-corrected chi connectivity index (χ2v) is 9.67. The normalized spacial score (nSPS) is 18.2. The van der Waals surface area contributed by atoms with Gasteiger partial charge in [0.25, 0.3) is 5.91 Å². The lowest BCUT2D eigenvalue weighted by molar-refractivity contribution is 0.0681. The SMILES string of the molecule is Cc1ccccc1C(=O)N(Cc1cccc2ccccc12)[C@H]1CCS(=O)(=O)C1. The molecule has 0 unspecified atom stereocenters. The maximum Gasteiger partial charge on any atom is 0.254 e. The van der Waals surface area contributed by atoms with Crippen LogP contribution >= 0.6 is 0 Å². The van der Waals surface area contributed by atoms with Crippen molar-refractivity contribution < 1.29 is 13.2 Å². The molecule has 144 valence electrons. The fourth-order valence-corrected chi connectivity index (χ4v) is 5.70. The summed E-state index contributed by atoms with van der Waals surface area (Å²) in [6, 6.07) is 21.3. The Hall–Kier alpha value is -2.66. The van der Waals surface area contributed by atoms with E-state index in [1.54, 1.807) is 4.90 Å². The van der Waals surface area contributed by atoms with Crippen molar-refractivity contribution in [1.29, 1.82) is 0 Å². The molecule has 5 heteroatoms. The second-order valence-electron chi connectivity index (χ2n) is 7.44. The topological polar surface area (TPSA) is 54.5 Å². The van der Waals surface area contributed by atoms with E-state index in [0.29, 0.717) is 18.5 Å². The Kier molecular flexibility index (Phi) is 4.94. The van der Waals surface area contributed by atoms with E-state index >= 15 is 0 Å². The molecule has 3 aromatic rings. The standard InChI is InChI=1S/C23H23NO3S/c1-17-7-2-4-11-21(17)23(25)24(20-13-14-28(26,27)16-20)15-19-10-6-9-18-8-3-5-12-22(18)19/h2-12,20H,13-16H2,1H3/t20-/m0/s1. The molecule has 1 amide bonds. The van der Waals surface area contributed by atoms with Gasteiger partial charge in [-0.3, -0.25) is 4.79 Å². The number of hydrogen-bond acceptors (Lipinski definition) is 3. The number of aryl methyl sites for hydroxylation is 1. The summed E-state index contributed by atoms with van der Waals surface area (Å²) < 4.78 is 24.2. The van der Waals surface area contributed by atoms with Crippen LogP contribution in [0.25, 0.3) is 10.8 Å². The molecule has 0 spiro atoms. The Labute approximate surface area is 165 Å². The Morgan fingerprint density at radius 3 is 2.46 bits per heavy atom. The molecule has 0 aromatic heterocycles. The van der Waals surface area contributed by atoms with Crippen molar-refractivity contribution in [2.75, 3.05) is 11.5 Å². The molecule has 3 aromatic carbocycles. The van der Waals surface area contributed by atoms with Crippen LogP contribution in [0.3, 0.4) is 0 Å². The Morgan fingerprint density at radius 1 is 1.00 bits per heavy atom. The fraction of sp³-hybridized carbons (Fsp3) is 0.261. The van der Waals surface area contributed by atoms with Gasteiger partial charge in [0, 0.05) is 18.2 Å². The molecule has 1 atom stereocenters. The van der Waals surface area contributed by atoms with Crippen LogP contribution in [0.1, 0.15) is 27.9 Å². The van der Waals surface area contributed by atoms with Gasteiger partial charge in [-0.2, -0.15) is 0 Å². The number of rotatable bonds is 4. The summed E-state index contributed by atoms with van der Waals surface area (Å²) in [7, 11) is -3.09. The molecular formula is C23H23NO3S. The van der Waals surface area contributed by atoms with E-state index in [1.165, 1.54) is 0 Å². The highest BCUT2D eigenvalue weighted by Gasteiger charge is 2.35. The minimum atomic E-state index is -3.09. The third-order valence-electron chi connectivity index (χ3n) is 5.51. The van der Waals surface area contributed by atoms with Crippen LogP contribution < -0.4 is 0 Å². The molecule has 1 aliphatic heterocycles. The molecule has 28 heavy (non-hydrogen) atoms. The predicted molar refractivity (Wildman–Crippen MR) is 112 cm³/mol. The highest BCUT2D eigenvalue weighted by molar-refractivity contribution is 7.91. The smallest absolute Gasteiger partial charge is 0.254 e. The van der Waals surface area contributed by atoms with Gasteiger partial charge < -0.3 is 4.90 Å². The molecule has 1 aliphatic rings. The van der Waals surface area contributed by atoms with E-state index in [2.05, 4.69) is 0 Å². The third-order valence-corrected chi connectivity index (χ3v) is 7.26. The van der Waals surface area contributed by atoms with Crippen LogP contribution in [0.5, 0.6) is 0 Å². The van der Waals surface area contributed by atoms with Gasteiger partial charge in [0.2, 0.25) is 0 Å². The molecule has 0 radical (unpaired) electrons. The molecule has 4 rings (SSSR count). The number of carbonyl (C=O) groups is 1. The van der Waals surface area contributed by atoms with Gasteiger partial charge in [-0.1, -0.05) is 60.7 Å². The van der Waals surface area contributed by atoms with Crippen LogP contribution in [0.4, 0.5) is 0 Å². The lowest BCUT2D eigenvalue weighted by atomic mass is 10.0. The van der Waals surface area contributed by atoms with Crippen LogP contribution in [0.2, 0.25) is 0 Å². The van der Waals surface area contributed by atoms with Crippen LogP contribution in [0, 0.1) is 6.92 Å². The monoisotopic (exact) mass is 393 g/mol. The summed E-state index contributed by atoms with van der Waals surface area (Å²) in [4.78, 5) is 15.2. The zero-order valence-electron chi connectivity index (χ0n) is 15.8. The third kappa shape index (κ3) is 3.67. The summed E-state index contributed by atoms with van der Waals surface area (Å²) in [6.45, 7) is 2.31. The zero-order chi connectivity index (χ0) is 19.7. The minimum absolute atomic E-state index is 0.0371. The number of sulfone groups is 1. The van der Waals surface area contributed by atoms with E-state index < -0.39 is 9.84 Å². The quantitative estimate of drug-likeness (QED) is 0.674. The number of benzene rings is 3. The predicted octanol–water partition coefficient (Wildman–Crippen LogP) is 3.98. The van der Waals surface area contributed by atoms with Crippen molar-refractivity contribution in [3.8, 4) is 0 Å². The lowest BCUT2D eigenvalue weighted by Crippen LogP contribution is -2.41. The maximum atomic E-state index is 13.4. The summed E-state index contributed by atoms with van der Waals surface area (Å²) >= 11 is 0. The van der Waals surface area contributed by atoms with Crippen molar-refractivity contribution in [2.24, 2.45) is 0 Å². The van der Waals surface area contributed by atoms with Crippen LogP contribution in [-0.4, -0.2) is 36.8 Å². The molecule has 1 heterocycles. The van der Waals surface area contributed by atoms with E-state index in [-0.39, 0.29) is 23.5 Å². The Balaban J connectivity index is 1.75. The number of nitrogens with zero attached hydrogens (tertiary/aromatic N) is 1. The summed E-state index contributed by atoms with van der Waals surface area (Å²) in [5.41, 5.74) is 2.56. The molecule has 0 bridgehead atoms. The van der Waals surface area contributed by atoms with Crippen molar-refractivity contribution in [3.63, 3.8) is 0 Å². The average molecular weight is 394 g/mol. The van der Waals surface area contributed by atoms with Gasteiger partial charge in [0.1, 0.15) is 0 Å². The van der Waals surface area contributed by atoms with E-state index in [9.17, 15) is 13.2 Å². The fourth-order valence-electron chi connectivity index (χ4n) is 3.97. The number of carbonyl (C=O) groups excluding carboxylic acids is 1. The summed E-state index contributed by atoms with van der Waals surface area (Å²) in [5, 5.41) is 2.20. The molecule has 4 nitrogen and oxygen atoms in total. The molecule has 0 saturated carbocycles. The summed E-state index contributed by atoms with van der Waals surface area (Å²) in [5.74, 6) is 0.0771. The highest BCUT2D eigenvalue weighted by Crippen LogP contribution is 2.26. The number of hydrogen-bond donors (Lipinski definition) is 0. The van der Waals surface area contributed by atoms with Gasteiger partial charge >= 0.3 is 0 Å². The van der Waals surface area contributed by atoms with E-state index in [0.717, 1.165) is 21.9 Å². The molecule has 0 N–H and O–H groups in total. The van der Waals surface area contributed by atoms with Crippen molar-refractivity contribution >= 4 is 26.5 Å². The van der Waals surface area contributed by atoms with Gasteiger partial charge in [0.05, 0.1) is 11.5 Å². The van der Waals surface area contributed by atoms with Crippen LogP contribution in [0.15, 0.2) is 66.7 Å². The van der Waals surface area contributed by atoms with Crippen LogP contribution in [-0.2, 0) is 16.4 Å². The van der Waals surface area contributed by atoms with Gasteiger partial charge in [-0.25, -0.2) is 8.42 Å². The molecule has 1 fully saturated rings. The first-order chi connectivity index (χ1) is 13.4. The van der Waals surface area contributed by atoms with Gasteiger partial charge in [0.15, 0.2) is 9.84 Å². The lowest BCUT2D eigenvalue weighted by Gasteiger charge is -2.29. The first-order valence-electron chi connectivity index (χ1n) is 9.48. The minimum Gasteiger partial charge on any atom is -0.330 e. The maximum absolute atomic E-state index is 13.4. The average Bonchev–Trinajstić information content (AvgIpc) is 3.05. The van der Waals surface area contributed by atoms with Gasteiger partial charge in [-0.15, -0.1) is 0 Å². The van der Waals surface area contributed by atoms with Crippen molar-refractivity contribution in [2.45, 2.75) is 25.9 Å². The van der Waals surface area contributed by atoms with E-state index in [4.69, 9.17) is 0 Å². The Morgan fingerprint density at radius 2 is 1.71 bits per heavy atom. The molecule has 0 aliphatic carbocycles. The van der Waals surface area contributed by atoms with Crippen molar-refractivity contribution in [1.82, 2.24) is 4.90 Å². The largest absolute Gasteiger partial charge is 0.330 e. The number of fused-ring (bicyclic) bond motifs is 1.